The van der Waals surface area contributed by atoms with E-state index in [1.165, 1.54) is 6.42 Å². The van der Waals surface area contributed by atoms with Crippen LogP contribution in [0, 0.1) is 5.92 Å². The predicted molar refractivity (Wildman–Crippen MR) is 68.5 cm³/mol. The lowest BCUT2D eigenvalue weighted by Crippen LogP contribution is -2.36. The molecule has 100 valence electrons. The summed E-state index contributed by atoms with van der Waals surface area (Å²) in [6, 6.07) is 0. The van der Waals surface area contributed by atoms with Crippen LogP contribution in [0.5, 0.6) is 0 Å². The van der Waals surface area contributed by atoms with Gasteiger partial charge in [-0.3, -0.25) is 4.79 Å². The van der Waals surface area contributed by atoms with Gasteiger partial charge in [-0.15, -0.1) is 0 Å². The number of amides is 1. The molecule has 17 heavy (non-hydrogen) atoms. The fourth-order valence-corrected chi connectivity index (χ4v) is 2.37. The fourth-order valence-electron chi connectivity index (χ4n) is 2.37. The van der Waals surface area contributed by atoms with Gasteiger partial charge in [0.1, 0.15) is 0 Å². The van der Waals surface area contributed by atoms with Crippen LogP contribution in [0.4, 0.5) is 0 Å². The number of carbonyl (C=O) groups excluding carboxylic acids is 1. The number of nitrogens with one attached hydrogen (secondary N) is 1. The maximum absolute atomic E-state index is 11.5. The van der Waals surface area contributed by atoms with Crippen LogP contribution in [0.3, 0.4) is 0 Å². The average Bonchev–Trinajstić information content (AvgIpc) is 2.34. The third kappa shape index (κ3) is 6.03. The van der Waals surface area contributed by atoms with E-state index >= 15 is 0 Å². The summed E-state index contributed by atoms with van der Waals surface area (Å²) >= 11 is 0. The van der Waals surface area contributed by atoms with Gasteiger partial charge in [0.2, 0.25) is 5.91 Å². The Labute approximate surface area is 104 Å². The van der Waals surface area contributed by atoms with Gasteiger partial charge in [0.15, 0.2) is 0 Å². The summed E-state index contributed by atoms with van der Waals surface area (Å²) in [5.41, 5.74) is 5.39. The first-order valence-electron chi connectivity index (χ1n) is 6.89. The van der Waals surface area contributed by atoms with Gasteiger partial charge in [-0.05, 0) is 32.2 Å². The molecule has 2 unspecified atom stereocenters. The van der Waals surface area contributed by atoms with Crippen LogP contribution in [-0.4, -0.2) is 30.2 Å². The van der Waals surface area contributed by atoms with E-state index in [1.54, 1.807) is 0 Å². The first-order valence-corrected chi connectivity index (χ1v) is 6.89. The predicted octanol–water partition coefficient (Wildman–Crippen LogP) is 1.17. The molecule has 0 aromatic heterocycles. The summed E-state index contributed by atoms with van der Waals surface area (Å²) < 4.78 is 0. The average molecular weight is 242 g/mol. The SMILES string of the molecule is NCCCCCC(=O)NCC1CCCCC1O. The number of aliphatic hydroxyl groups is 1. The number of aliphatic hydroxyl groups excluding tert-OH is 1. The highest BCUT2D eigenvalue weighted by Gasteiger charge is 2.22. The van der Waals surface area contributed by atoms with Crippen molar-refractivity contribution in [1.29, 1.82) is 0 Å². The van der Waals surface area contributed by atoms with Crippen molar-refractivity contribution in [2.45, 2.75) is 57.5 Å². The minimum atomic E-state index is -0.221. The van der Waals surface area contributed by atoms with E-state index in [2.05, 4.69) is 5.32 Å². The number of hydrogen-bond acceptors (Lipinski definition) is 3. The Morgan fingerprint density at radius 1 is 1.24 bits per heavy atom. The lowest BCUT2D eigenvalue weighted by atomic mass is 9.86. The highest BCUT2D eigenvalue weighted by atomic mass is 16.3. The van der Waals surface area contributed by atoms with Gasteiger partial charge in [-0.2, -0.15) is 0 Å². The van der Waals surface area contributed by atoms with Crippen molar-refractivity contribution in [3.8, 4) is 0 Å². The molecule has 1 aliphatic carbocycles. The third-order valence-corrected chi connectivity index (χ3v) is 3.54. The molecule has 1 amide bonds. The van der Waals surface area contributed by atoms with E-state index in [4.69, 9.17) is 5.73 Å². The molecule has 2 atom stereocenters. The Kier molecular flexibility index (Phi) is 7.21. The van der Waals surface area contributed by atoms with Crippen LogP contribution in [0.1, 0.15) is 51.4 Å². The highest BCUT2D eigenvalue weighted by Crippen LogP contribution is 2.23. The first kappa shape index (κ1) is 14.5. The van der Waals surface area contributed by atoms with Crippen molar-refractivity contribution < 1.29 is 9.90 Å². The fraction of sp³-hybridized carbons (Fsp3) is 0.923. The molecule has 0 spiro atoms. The van der Waals surface area contributed by atoms with Crippen LogP contribution in [0.2, 0.25) is 0 Å². The van der Waals surface area contributed by atoms with Gasteiger partial charge < -0.3 is 16.2 Å². The molecule has 0 aliphatic heterocycles. The molecule has 4 N–H and O–H groups in total. The van der Waals surface area contributed by atoms with Crippen LogP contribution >= 0.6 is 0 Å². The molecule has 0 heterocycles. The molecule has 4 nitrogen and oxygen atoms in total. The molecule has 0 bridgehead atoms. The Morgan fingerprint density at radius 3 is 2.71 bits per heavy atom. The minimum absolute atomic E-state index is 0.111. The van der Waals surface area contributed by atoms with E-state index in [-0.39, 0.29) is 17.9 Å². The van der Waals surface area contributed by atoms with Crippen LogP contribution < -0.4 is 11.1 Å². The van der Waals surface area contributed by atoms with Crippen molar-refractivity contribution in [2.75, 3.05) is 13.1 Å². The van der Waals surface area contributed by atoms with Crippen molar-refractivity contribution in [1.82, 2.24) is 5.32 Å². The second-order valence-electron chi connectivity index (χ2n) is 5.02. The second kappa shape index (κ2) is 8.48. The lowest BCUT2D eigenvalue weighted by Gasteiger charge is -2.27. The summed E-state index contributed by atoms with van der Waals surface area (Å²) in [6.45, 7) is 1.34. The summed E-state index contributed by atoms with van der Waals surface area (Å²) in [4.78, 5) is 11.5. The van der Waals surface area contributed by atoms with Crippen LogP contribution in [0.15, 0.2) is 0 Å². The standard InChI is InChI=1S/C13H26N2O2/c14-9-5-1-2-8-13(17)15-10-11-6-3-4-7-12(11)16/h11-12,16H,1-10,14H2,(H,15,17). The summed E-state index contributed by atoms with van der Waals surface area (Å²) in [6.07, 6.45) is 7.51. The van der Waals surface area contributed by atoms with E-state index < -0.39 is 0 Å². The molecule has 0 aromatic rings. The molecular formula is C13H26N2O2. The zero-order chi connectivity index (χ0) is 12.5. The van der Waals surface area contributed by atoms with Crippen molar-refractivity contribution in [3.05, 3.63) is 0 Å². The Bertz CT molecular complexity index is 221. The quantitative estimate of drug-likeness (QED) is 0.587. The van der Waals surface area contributed by atoms with Crippen molar-refractivity contribution >= 4 is 5.91 Å². The largest absolute Gasteiger partial charge is 0.393 e. The smallest absolute Gasteiger partial charge is 0.220 e. The Morgan fingerprint density at radius 2 is 2.00 bits per heavy atom. The molecule has 1 rings (SSSR count). The zero-order valence-electron chi connectivity index (χ0n) is 10.7. The number of rotatable bonds is 7. The van der Waals surface area contributed by atoms with E-state index in [0.29, 0.717) is 19.5 Å². The van der Waals surface area contributed by atoms with Gasteiger partial charge in [-0.25, -0.2) is 0 Å². The second-order valence-corrected chi connectivity index (χ2v) is 5.02. The molecule has 0 aromatic carbocycles. The number of nitrogens with two attached hydrogens (primary N) is 1. The van der Waals surface area contributed by atoms with Crippen molar-refractivity contribution in [2.24, 2.45) is 11.7 Å². The number of hydrogen-bond donors (Lipinski definition) is 3. The van der Waals surface area contributed by atoms with E-state index in [9.17, 15) is 9.90 Å². The van der Waals surface area contributed by atoms with Crippen LogP contribution in [0.25, 0.3) is 0 Å². The number of carbonyl (C=O) groups is 1. The molecule has 1 saturated carbocycles. The maximum Gasteiger partial charge on any atom is 0.220 e. The van der Waals surface area contributed by atoms with Gasteiger partial charge in [-0.1, -0.05) is 19.3 Å². The monoisotopic (exact) mass is 242 g/mol. The van der Waals surface area contributed by atoms with Gasteiger partial charge in [0.05, 0.1) is 6.10 Å². The molecular weight excluding hydrogens is 216 g/mol. The third-order valence-electron chi connectivity index (χ3n) is 3.54. The zero-order valence-corrected chi connectivity index (χ0v) is 10.7. The minimum Gasteiger partial charge on any atom is -0.393 e. The number of unbranched alkanes of at least 4 members (excludes halogenated alkanes) is 2. The van der Waals surface area contributed by atoms with Gasteiger partial charge in [0, 0.05) is 18.9 Å². The summed E-state index contributed by atoms with van der Waals surface area (Å²) in [7, 11) is 0. The van der Waals surface area contributed by atoms with E-state index in [0.717, 1.165) is 38.5 Å². The summed E-state index contributed by atoms with van der Waals surface area (Å²) in [5, 5.41) is 12.7. The molecule has 1 aliphatic rings. The molecule has 0 saturated heterocycles. The molecule has 0 radical (unpaired) electrons. The Balaban J connectivity index is 2.06. The van der Waals surface area contributed by atoms with E-state index in [1.807, 2.05) is 0 Å². The Hall–Kier alpha value is -0.610. The first-order chi connectivity index (χ1) is 8.24. The summed E-state index contributed by atoms with van der Waals surface area (Å²) in [5.74, 6) is 0.372. The molecule has 4 heteroatoms. The van der Waals surface area contributed by atoms with Crippen LogP contribution in [-0.2, 0) is 4.79 Å². The van der Waals surface area contributed by atoms with Gasteiger partial charge >= 0.3 is 0 Å². The normalized spacial score (nSPS) is 24.6. The van der Waals surface area contributed by atoms with Crippen molar-refractivity contribution in [3.63, 3.8) is 0 Å². The topological polar surface area (TPSA) is 75.4 Å². The maximum atomic E-state index is 11.5. The lowest BCUT2D eigenvalue weighted by molar-refractivity contribution is -0.121. The van der Waals surface area contributed by atoms with Gasteiger partial charge in [0.25, 0.3) is 0 Å². The highest BCUT2D eigenvalue weighted by molar-refractivity contribution is 5.75. The molecule has 1 fully saturated rings.